The van der Waals surface area contributed by atoms with Gasteiger partial charge in [0.05, 0.1) is 5.92 Å². The normalized spacial score (nSPS) is 15.3. The molecule has 0 saturated carbocycles. The van der Waals surface area contributed by atoms with Crippen LogP contribution in [0.2, 0.25) is 0 Å². The highest BCUT2D eigenvalue weighted by molar-refractivity contribution is 5.70. The summed E-state index contributed by atoms with van der Waals surface area (Å²) in [5, 5.41) is 12.0. The molecule has 0 aliphatic heterocycles. The number of carbonyl (C=O) groups is 1. The van der Waals surface area contributed by atoms with Crippen LogP contribution in [-0.4, -0.2) is 49.2 Å². The van der Waals surface area contributed by atoms with E-state index >= 15 is 0 Å². The molecular weight excluding hydrogens is 192 g/mol. The van der Waals surface area contributed by atoms with Gasteiger partial charge < -0.3 is 15.3 Å². The molecule has 2 unspecified atom stereocenters. The number of nitrogens with zero attached hydrogens (tertiary/aromatic N) is 1. The molecular formula is C11H24N2O2. The zero-order valence-electron chi connectivity index (χ0n) is 10.3. The van der Waals surface area contributed by atoms with Crippen LogP contribution in [0.5, 0.6) is 0 Å². The lowest BCUT2D eigenvalue weighted by molar-refractivity contribution is -0.141. The number of rotatable bonds is 8. The summed E-state index contributed by atoms with van der Waals surface area (Å²) >= 11 is 0. The minimum atomic E-state index is -0.733. The van der Waals surface area contributed by atoms with E-state index in [9.17, 15) is 4.79 Å². The molecule has 0 aliphatic carbocycles. The SMILES string of the molecule is CC(NCCCCN(C)C)C(C)C(=O)O. The smallest absolute Gasteiger partial charge is 0.307 e. The van der Waals surface area contributed by atoms with E-state index in [1.54, 1.807) is 6.92 Å². The topological polar surface area (TPSA) is 52.6 Å². The summed E-state index contributed by atoms with van der Waals surface area (Å²) < 4.78 is 0. The molecule has 4 heteroatoms. The standard InChI is InChI=1S/C11H24N2O2/c1-9(11(14)15)10(2)12-7-5-6-8-13(3)4/h9-10,12H,5-8H2,1-4H3,(H,14,15). The Labute approximate surface area is 92.7 Å². The molecule has 4 nitrogen and oxygen atoms in total. The zero-order valence-corrected chi connectivity index (χ0v) is 10.3. The lowest BCUT2D eigenvalue weighted by Crippen LogP contribution is -2.36. The number of aliphatic carboxylic acids is 1. The van der Waals surface area contributed by atoms with Crippen molar-refractivity contribution in [2.45, 2.75) is 32.7 Å². The van der Waals surface area contributed by atoms with Crippen molar-refractivity contribution in [2.24, 2.45) is 5.92 Å². The molecule has 0 saturated heterocycles. The van der Waals surface area contributed by atoms with E-state index in [1.165, 1.54) is 0 Å². The van der Waals surface area contributed by atoms with E-state index in [-0.39, 0.29) is 12.0 Å². The Balaban J connectivity index is 3.47. The summed E-state index contributed by atoms with van der Waals surface area (Å²) in [4.78, 5) is 12.8. The number of hydrogen-bond donors (Lipinski definition) is 2. The first kappa shape index (κ1) is 14.4. The van der Waals surface area contributed by atoms with Crippen LogP contribution in [0.25, 0.3) is 0 Å². The third-order valence-corrected chi connectivity index (χ3v) is 2.64. The number of hydrogen-bond acceptors (Lipinski definition) is 3. The summed E-state index contributed by atoms with van der Waals surface area (Å²) in [6.45, 7) is 5.64. The van der Waals surface area contributed by atoms with Crippen molar-refractivity contribution in [1.82, 2.24) is 10.2 Å². The van der Waals surface area contributed by atoms with Crippen LogP contribution in [0.4, 0.5) is 0 Å². The quantitative estimate of drug-likeness (QED) is 0.595. The van der Waals surface area contributed by atoms with Gasteiger partial charge in [0.1, 0.15) is 0 Å². The highest BCUT2D eigenvalue weighted by atomic mass is 16.4. The maximum Gasteiger partial charge on any atom is 0.307 e. The van der Waals surface area contributed by atoms with E-state index in [1.807, 2.05) is 6.92 Å². The molecule has 2 N–H and O–H groups in total. The van der Waals surface area contributed by atoms with Crippen LogP contribution in [0.3, 0.4) is 0 Å². The predicted molar refractivity (Wildman–Crippen MR) is 62.1 cm³/mol. The van der Waals surface area contributed by atoms with Gasteiger partial charge in [-0.15, -0.1) is 0 Å². The molecule has 0 aliphatic rings. The van der Waals surface area contributed by atoms with Gasteiger partial charge in [-0.25, -0.2) is 0 Å². The van der Waals surface area contributed by atoms with Crippen molar-refractivity contribution >= 4 is 5.97 Å². The Hall–Kier alpha value is -0.610. The van der Waals surface area contributed by atoms with Crippen LogP contribution < -0.4 is 5.32 Å². The van der Waals surface area contributed by atoms with Gasteiger partial charge in [0.2, 0.25) is 0 Å². The van der Waals surface area contributed by atoms with E-state index in [2.05, 4.69) is 24.3 Å². The molecule has 90 valence electrons. The van der Waals surface area contributed by atoms with Crippen molar-refractivity contribution in [3.05, 3.63) is 0 Å². The average Bonchev–Trinajstić information content (AvgIpc) is 2.15. The summed E-state index contributed by atoms with van der Waals surface area (Å²) in [5.41, 5.74) is 0. The van der Waals surface area contributed by atoms with Gasteiger partial charge in [0.25, 0.3) is 0 Å². The number of nitrogens with one attached hydrogen (secondary N) is 1. The molecule has 0 spiro atoms. The Kier molecular flexibility index (Phi) is 7.34. The molecule has 0 heterocycles. The fourth-order valence-corrected chi connectivity index (χ4v) is 1.27. The van der Waals surface area contributed by atoms with Crippen molar-refractivity contribution < 1.29 is 9.90 Å². The van der Waals surface area contributed by atoms with Crippen LogP contribution in [0, 0.1) is 5.92 Å². The molecule has 0 radical (unpaired) electrons. The summed E-state index contributed by atoms with van der Waals surface area (Å²) in [6.07, 6.45) is 2.24. The predicted octanol–water partition coefficient (Wildman–Crippen LogP) is 1.03. The van der Waals surface area contributed by atoms with Gasteiger partial charge in [-0.05, 0) is 47.0 Å². The molecule has 0 aromatic carbocycles. The molecule has 0 aromatic heterocycles. The zero-order chi connectivity index (χ0) is 11.8. The molecule has 15 heavy (non-hydrogen) atoms. The van der Waals surface area contributed by atoms with Crippen molar-refractivity contribution in [3.63, 3.8) is 0 Å². The van der Waals surface area contributed by atoms with Gasteiger partial charge in [0, 0.05) is 6.04 Å². The first-order valence-corrected chi connectivity index (χ1v) is 5.56. The second-order valence-corrected chi connectivity index (χ2v) is 4.38. The average molecular weight is 216 g/mol. The molecule has 0 fully saturated rings. The third kappa shape index (κ3) is 7.33. The van der Waals surface area contributed by atoms with E-state index in [4.69, 9.17) is 5.11 Å². The number of carboxylic acids is 1. The Bertz CT molecular complexity index is 183. The van der Waals surface area contributed by atoms with Crippen molar-refractivity contribution in [3.8, 4) is 0 Å². The fourth-order valence-electron chi connectivity index (χ4n) is 1.27. The lowest BCUT2D eigenvalue weighted by Gasteiger charge is -2.18. The first-order valence-electron chi connectivity index (χ1n) is 5.56. The molecule has 2 atom stereocenters. The second-order valence-electron chi connectivity index (χ2n) is 4.38. The van der Waals surface area contributed by atoms with Gasteiger partial charge in [-0.3, -0.25) is 4.79 Å². The number of unbranched alkanes of at least 4 members (excludes halogenated alkanes) is 1. The Morgan fingerprint density at radius 1 is 1.33 bits per heavy atom. The van der Waals surface area contributed by atoms with Crippen LogP contribution in [-0.2, 0) is 4.79 Å². The monoisotopic (exact) mass is 216 g/mol. The maximum atomic E-state index is 10.7. The minimum Gasteiger partial charge on any atom is -0.481 e. The Morgan fingerprint density at radius 2 is 1.93 bits per heavy atom. The van der Waals surface area contributed by atoms with E-state index < -0.39 is 5.97 Å². The van der Waals surface area contributed by atoms with Gasteiger partial charge in [-0.2, -0.15) is 0 Å². The molecule has 0 aromatic rings. The summed E-state index contributed by atoms with van der Waals surface area (Å²) in [5.74, 6) is -1.05. The fraction of sp³-hybridized carbons (Fsp3) is 0.909. The van der Waals surface area contributed by atoms with E-state index in [0.29, 0.717) is 0 Å². The molecule has 0 bridgehead atoms. The highest BCUT2D eigenvalue weighted by Gasteiger charge is 2.17. The van der Waals surface area contributed by atoms with Crippen LogP contribution in [0.1, 0.15) is 26.7 Å². The van der Waals surface area contributed by atoms with Gasteiger partial charge in [-0.1, -0.05) is 6.92 Å². The largest absolute Gasteiger partial charge is 0.481 e. The third-order valence-electron chi connectivity index (χ3n) is 2.64. The maximum absolute atomic E-state index is 10.7. The first-order chi connectivity index (χ1) is 6.95. The minimum absolute atomic E-state index is 0.0434. The van der Waals surface area contributed by atoms with Crippen molar-refractivity contribution in [1.29, 1.82) is 0 Å². The highest BCUT2D eigenvalue weighted by Crippen LogP contribution is 2.02. The van der Waals surface area contributed by atoms with E-state index in [0.717, 1.165) is 25.9 Å². The molecule has 0 rings (SSSR count). The lowest BCUT2D eigenvalue weighted by atomic mass is 10.0. The van der Waals surface area contributed by atoms with Crippen LogP contribution >= 0.6 is 0 Å². The summed E-state index contributed by atoms with van der Waals surface area (Å²) in [7, 11) is 4.12. The van der Waals surface area contributed by atoms with Crippen LogP contribution in [0.15, 0.2) is 0 Å². The summed E-state index contributed by atoms with van der Waals surface area (Å²) in [6, 6.07) is 0.0434. The van der Waals surface area contributed by atoms with Gasteiger partial charge >= 0.3 is 5.97 Å². The molecule has 0 amide bonds. The second kappa shape index (κ2) is 7.65. The van der Waals surface area contributed by atoms with Gasteiger partial charge in [0.15, 0.2) is 0 Å². The Morgan fingerprint density at radius 3 is 2.40 bits per heavy atom. The van der Waals surface area contributed by atoms with Crippen molar-refractivity contribution in [2.75, 3.05) is 27.2 Å². The number of carboxylic acid groups (broad SMARTS) is 1.